The maximum Gasteiger partial charge on any atom is 0.161 e. The predicted molar refractivity (Wildman–Crippen MR) is 100 cm³/mol. The van der Waals surface area contributed by atoms with Crippen molar-refractivity contribution in [2.75, 3.05) is 13.2 Å². The first-order valence-electron chi connectivity index (χ1n) is 8.54. The molecule has 0 unspecified atom stereocenters. The fourth-order valence-electron chi connectivity index (χ4n) is 2.57. The Hall–Kier alpha value is -2.82. The van der Waals surface area contributed by atoms with E-state index in [-0.39, 0.29) is 13.2 Å². The van der Waals surface area contributed by atoms with Crippen LogP contribution in [0.15, 0.2) is 84.9 Å². The van der Waals surface area contributed by atoms with Gasteiger partial charge in [0.05, 0.1) is 0 Å². The largest absolute Gasteiger partial charge is 0.487 e. The molecule has 0 saturated heterocycles. The Bertz CT molecular complexity index is 721. The van der Waals surface area contributed by atoms with Crippen LogP contribution < -0.4 is 9.47 Å². The first-order valence-corrected chi connectivity index (χ1v) is 8.54. The summed E-state index contributed by atoms with van der Waals surface area (Å²) in [6, 6.07) is 26.0. The zero-order valence-electron chi connectivity index (χ0n) is 14.4. The van der Waals surface area contributed by atoms with Gasteiger partial charge in [-0.2, -0.15) is 0 Å². The lowest BCUT2D eigenvalue weighted by molar-refractivity contribution is 0.0935. The van der Waals surface area contributed by atoms with Gasteiger partial charge in [0, 0.05) is 0 Å². The zero-order chi connectivity index (χ0) is 18.2. The number of hydrogen-bond acceptors (Lipinski definition) is 4. The van der Waals surface area contributed by atoms with Gasteiger partial charge < -0.3 is 19.7 Å². The second kappa shape index (κ2) is 9.04. The average Bonchev–Trinajstić information content (AvgIpc) is 2.72. The molecular weight excluding hydrogens is 328 g/mol. The molecule has 0 spiro atoms. The second-order valence-corrected chi connectivity index (χ2v) is 5.92. The highest BCUT2D eigenvalue weighted by molar-refractivity contribution is 5.39. The fourth-order valence-corrected chi connectivity index (χ4v) is 2.57. The van der Waals surface area contributed by atoms with Crippen LogP contribution in [0.5, 0.6) is 11.5 Å². The molecule has 0 radical (unpaired) electrons. The summed E-state index contributed by atoms with van der Waals surface area (Å²) in [5, 5.41) is 20.5. The molecule has 0 aliphatic rings. The Morgan fingerprint density at radius 1 is 0.538 bits per heavy atom. The summed E-state index contributed by atoms with van der Waals surface area (Å²) in [5.74, 6) is 1.06. The minimum atomic E-state index is -0.723. The van der Waals surface area contributed by atoms with Gasteiger partial charge in [0.2, 0.25) is 0 Å². The molecule has 2 atom stereocenters. The third-order valence-electron chi connectivity index (χ3n) is 4.01. The molecule has 0 aliphatic carbocycles. The van der Waals surface area contributed by atoms with Gasteiger partial charge in [0.25, 0.3) is 0 Å². The molecule has 0 bridgehead atoms. The van der Waals surface area contributed by atoms with Crippen LogP contribution in [0.2, 0.25) is 0 Å². The molecule has 0 aromatic heterocycles. The van der Waals surface area contributed by atoms with Crippen molar-refractivity contribution in [3.8, 4) is 11.5 Å². The van der Waals surface area contributed by atoms with Crippen molar-refractivity contribution in [3.05, 3.63) is 96.1 Å². The van der Waals surface area contributed by atoms with Crippen molar-refractivity contribution in [3.63, 3.8) is 0 Å². The quantitative estimate of drug-likeness (QED) is 0.647. The van der Waals surface area contributed by atoms with E-state index in [1.807, 2.05) is 72.8 Å². The van der Waals surface area contributed by atoms with E-state index < -0.39 is 12.2 Å². The van der Waals surface area contributed by atoms with Gasteiger partial charge in [0.1, 0.15) is 25.4 Å². The van der Waals surface area contributed by atoms with Crippen LogP contribution in [-0.4, -0.2) is 23.4 Å². The lowest BCUT2D eigenvalue weighted by Gasteiger charge is -2.17. The standard InChI is InChI=1S/C22H22O4/c23-19(17-9-3-1-4-10-17)15-25-21-13-7-8-14-22(21)26-16-20(24)18-11-5-2-6-12-18/h1-14,19-20,23-24H,15-16H2/t19-,20-/m1/s1. The van der Waals surface area contributed by atoms with Crippen LogP contribution >= 0.6 is 0 Å². The van der Waals surface area contributed by atoms with Gasteiger partial charge in [-0.3, -0.25) is 0 Å². The molecule has 0 amide bonds. The number of aliphatic hydroxyl groups excluding tert-OH is 2. The van der Waals surface area contributed by atoms with Gasteiger partial charge >= 0.3 is 0 Å². The van der Waals surface area contributed by atoms with E-state index in [2.05, 4.69) is 0 Å². The molecule has 3 aromatic carbocycles. The van der Waals surface area contributed by atoms with Gasteiger partial charge in [-0.25, -0.2) is 0 Å². The van der Waals surface area contributed by atoms with E-state index in [1.54, 1.807) is 12.1 Å². The Kier molecular flexibility index (Phi) is 6.25. The second-order valence-electron chi connectivity index (χ2n) is 5.92. The minimum absolute atomic E-state index is 0.117. The SMILES string of the molecule is O[C@H](COc1ccccc1OC[C@@H](O)c1ccccc1)c1ccccc1. The van der Waals surface area contributed by atoms with E-state index >= 15 is 0 Å². The van der Waals surface area contributed by atoms with E-state index in [0.717, 1.165) is 11.1 Å². The molecule has 0 saturated carbocycles. The summed E-state index contributed by atoms with van der Waals surface area (Å²) < 4.78 is 11.5. The highest BCUT2D eigenvalue weighted by atomic mass is 16.5. The molecule has 3 aromatic rings. The molecule has 0 heterocycles. The maximum absolute atomic E-state index is 10.2. The monoisotopic (exact) mass is 350 g/mol. The Balaban J connectivity index is 1.59. The molecule has 3 rings (SSSR count). The van der Waals surface area contributed by atoms with Crippen molar-refractivity contribution < 1.29 is 19.7 Å². The number of hydrogen-bond donors (Lipinski definition) is 2. The third kappa shape index (κ3) is 4.85. The number of rotatable bonds is 8. The number of para-hydroxylation sites is 2. The number of aliphatic hydroxyl groups is 2. The molecule has 4 heteroatoms. The summed E-state index contributed by atoms with van der Waals surface area (Å²) in [6.07, 6.45) is -1.45. The summed E-state index contributed by atoms with van der Waals surface area (Å²) in [6.45, 7) is 0.233. The van der Waals surface area contributed by atoms with Crippen LogP contribution in [0.1, 0.15) is 23.3 Å². The van der Waals surface area contributed by atoms with Gasteiger partial charge in [-0.15, -0.1) is 0 Å². The summed E-state index contributed by atoms with van der Waals surface area (Å²) >= 11 is 0. The Morgan fingerprint density at radius 3 is 1.27 bits per heavy atom. The van der Waals surface area contributed by atoms with E-state index in [0.29, 0.717) is 11.5 Å². The fraction of sp³-hybridized carbons (Fsp3) is 0.182. The predicted octanol–water partition coefficient (Wildman–Crippen LogP) is 3.91. The molecule has 0 aliphatic heterocycles. The summed E-state index contributed by atoms with van der Waals surface area (Å²) in [7, 11) is 0. The lowest BCUT2D eigenvalue weighted by atomic mass is 10.1. The molecule has 0 fully saturated rings. The summed E-state index contributed by atoms with van der Waals surface area (Å²) in [4.78, 5) is 0. The highest BCUT2D eigenvalue weighted by Crippen LogP contribution is 2.28. The van der Waals surface area contributed by atoms with Gasteiger partial charge in [-0.1, -0.05) is 72.8 Å². The van der Waals surface area contributed by atoms with E-state index in [1.165, 1.54) is 0 Å². The van der Waals surface area contributed by atoms with Crippen molar-refractivity contribution >= 4 is 0 Å². The van der Waals surface area contributed by atoms with E-state index in [9.17, 15) is 10.2 Å². The zero-order valence-corrected chi connectivity index (χ0v) is 14.4. The van der Waals surface area contributed by atoms with Crippen LogP contribution in [0.4, 0.5) is 0 Å². The summed E-state index contributed by atoms with van der Waals surface area (Å²) in [5.41, 5.74) is 1.59. The van der Waals surface area contributed by atoms with Crippen molar-refractivity contribution in [1.82, 2.24) is 0 Å². The van der Waals surface area contributed by atoms with E-state index in [4.69, 9.17) is 9.47 Å². The lowest BCUT2D eigenvalue weighted by Crippen LogP contribution is -2.12. The van der Waals surface area contributed by atoms with Crippen LogP contribution in [0.3, 0.4) is 0 Å². The molecule has 134 valence electrons. The topological polar surface area (TPSA) is 58.9 Å². The maximum atomic E-state index is 10.2. The third-order valence-corrected chi connectivity index (χ3v) is 4.01. The van der Waals surface area contributed by atoms with Crippen LogP contribution in [-0.2, 0) is 0 Å². The molecule has 2 N–H and O–H groups in total. The average molecular weight is 350 g/mol. The van der Waals surface area contributed by atoms with Crippen LogP contribution in [0.25, 0.3) is 0 Å². The molecule has 4 nitrogen and oxygen atoms in total. The Morgan fingerprint density at radius 2 is 0.885 bits per heavy atom. The van der Waals surface area contributed by atoms with Crippen molar-refractivity contribution in [2.24, 2.45) is 0 Å². The number of ether oxygens (including phenoxy) is 2. The van der Waals surface area contributed by atoms with Gasteiger partial charge in [-0.05, 0) is 23.3 Å². The molecule has 26 heavy (non-hydrogen) atoms. The highest BCUT2D eigenvalue weighted by Gasteiger charge is 2.13. The number of benzene rings is 3. The first kappa shape index (κ1) is 18.0. The van der Waals surface area contributed by atoms with Crippen LogP contribution in [0, 0.1) is 0 Å². The van der Waals surface area contributed by atoms with Gasteiger partial charge in [0.15, 0.2) is 11.5 Å². The Labute approximate surface area is 153 Å². The van der Waals surface area contributed by atoms with Crippen molar-refractivity contribution in [2.45, 2.75) is 12.2 Å². The first-order chi connectivity index (χ1) is 12.7. The van der Waals surface area contributed by atoms with Crippen molar-refractivity contribution in [1.29, 1.82) is 0 Å². The normalized spacial score (nSPS) is 13.0. The minimum Gasteiger partial charge on any atom is -0.487 e. The molecular formula is C22H22O4. The smallest absolute Gasteiger partial charge is 0.161 e.